The van der Waals surface area contributed by atoms with Crippen LogP contribution in [0.4, 0.5) is 5.82 Å². The standard InChI is InChI=1S/C22H22ClN3O/c23-20-11-8-18(9-12-20)15-25-21-13-10-19(16-26-21)22(27)24-14-4-7-17-5-2-1-3-6-17/h1-3,5-6,8-13,16H,4,7,14-15H2,(H,24,27)(H,25,26). The Morgan fingerprint density at radius 2 is 1.70 bits per heavy atom. The smallest absolute Gasteiger partial charge is 0.252 e. The predicted molar refractivity (Wildman–Crippen MR) is 110 cm³/mol. The van der Waals surface area contributed by atoms with Crippen molar-refractivity contribution in [1.82, 2.24) is 10.3 Å². The van der Waals surface area contributed by atoms with Gasteiger partial charge in [0.15, 0.2) is 0 Å². The van der Waals surface area contributed by atoms with Crippen molar-refractivity contribution in [2.75, 3.05) is 11.9 Å². The van der Waals surface area contributed by atoms with Gasteiger partial charge in [0.1, 0.15) is 5.82 Å². The molecule has 3 rings (SSSR count). The van der Waals surface area contributed by atoms with Gasteiger partial charge in [-0.25, -0.2) is 4.98 Å². The molecule has 1 aromatic heterocycles. The Hall–Kier alpha value is -2.85. The molecule has 0 fully saturated rings. The van der Waals surface area contributed by atoms with Gasteiger partial charge >= 0.3 is 0 Å². The minimum Gasteiger partial charge on any atom is -0.366 e. The lowest BCUT2D eigenvalue weighted by molar-refractivity contribution is 0.0953. The molecule has 138 valence electrons. The number of hydrogen-bond donors (Lipinski definition) is 2. The molecular formula is C22H22ClN3O. The Balaban J connectivity index is 1.42. The summed E-state index contributed by atoms with van der Waals surface area (Å²) in [5, 5.41) is 6.89. The average molecular weight is 380 g/mol. The van der Waals surface area contributed by atoms with Crippen LogP contribution in [0.1, 0.15) is 27.9 Å². The summed E-state index contributed by atoms with van der Waals surface area (Å²) >= 11 is 5.88. The van der Waals surface area contributed by atoms with Crippen LogP contribution in [0.15, 0.2) is 72.9 Å². The molecule has 0 atom stereocenters. The minimum absolute atomic E-state index is 0.0974. The van der Waals surface area contributed by atoms with Gasteiger partial charge in [-0.1, -0.05) is 54.1 Å². The van der Waals surface area contributed by atoms with Gasteiger partial charge in [-0.15, -0.1) is 0 Å². The highest BCUT2D eigenvalue weighted by Crippen LogP contribution is 2.12. The third kappa shape index (κ3) is 6.12. The van der Waals surface area contributed by atoms with E-state index in [-0.39, 0.29) is 5.91 Å². The zero-order valence-corrected chi connectivity index (χ0v) is 15.7. The molecule has 5 heteroatoms. The van der Waals surface area contributed by atoms with Gasteiger partial charge in [0, 0.05) is 24.3 Å². The lowest BCUT2D eigenvalue weighted by Crippen LogP contribution is -2.24. The van der Waals surface area contributed by atoms with E-state index in [1.807, 2.05) is 48.5 Å². The van der Waals surface area contributed by atoms with Crippen molar-refractivity contribution in [2.45, 2.75) is 19.4 Å². The van der Waals surface area contributed by atoms with Crippen LogP contribution < -0.4 is 10.6 Å². The Labute approximate surface area is 164 Å². The van der Waals surface area contributed by atoms with Crippen LogP contribution in [-0.2, 0) is 13.0 Å². The van der Waals surface area contributed by atoms with Crippen LogP contribution in [-0.4, -0.2) is 17.4 Å². The first-order valence-corrected chi connectivity index (χ1v) is 9.35. The third-order valence-electron chi connectivity index (χ3n) is 4.18. The van der Waals surface area contributed by atoms with Crippen molar-refractivity contribution in [3.05, 3.63) is 94.6 Å². The summed E-state index contributed by atoms with van der Waals surface area (Å²) in [6, 6.07) is 21.5. The van der Waals surface area contributed by atoms with E-state index in [9.17, 15) is 4.79 Å². The van der Waals surface area contributed by atoms with Gasteiger partial charge in [-0.3, -0.25) is 4.79 Å². The van der Waals surface area contributed by atoms with Gasteiger partial charge in [0.2, 0.25) is 0 Å². The van der Waals surface area contributed by atoms with Crippen molar-refractivity contribution in [3.8, 4) is 0 Å². The second-order valence-electron chi connectivity index (χ2n) is 6.26. The lowest BCUT2D eigenvalue weighted by atomic mass is 10.1. The van der Waals surface area contributed by atoms with Crippen LogP contribution in [0.5, 0.6) is 0 Å². The highest BCUT2D eigenvalue weighted by Gasteiger charge is 2.05. The monoisotopic (exact) mass is 379 g/mol. The molecule has 0 spiro atoms. The first-order valence-electron chi connectivity index (χ1n) is 8.97. The predicted octanol–water partition coefficient (Wildman–Crippen LogP) is 4.71. The van der Waals surface area contributed by atoms with E-state index >= 15 is 0 Å². The molecule has 0 radical (unpaired) electrons. The number of benzene rings is 2. The number of halogens is 1. The van der Waals surface area contributed by atoms with Gasteiger partial charge < -0.3 is 10.6 Å². The second kappa shape index (κ2) is 9.74. The number of carbonyl (C=O) groups is 1. The maximum atomic E-state index is 12.2. The van der Waals surface area contributed by atoms with E-state index < -0.39 is 0 Å². The topological polar surface area (TPSA) is 54.0 Å². The number of carbonyl (C=O) groups excluding carboxylic acids is 1. The average Bonchev–Trinajstić information content (AvgIpc) is 2.72. The van der Waals surface area contributed by atoms with Gasteiger partial charge in [-0.2, -0.15) is 0 Å². The van der Waals surface area contributed by atoms with Gasteiger partial charge in [0.05, 0.1) is 5.56 Å². The summed E-state index contributed by atoms with van der Waals surface area (Å²) in [6.45, 7) is 1.29. The third-order valence-corrected chi connectivity index (χ3v) is 4.44. The van der Waals surface area contributed by atoms with Crippen LogP contribution in [0, 0.1) is 0 Å². The van der Waals surface area contributed by atoms with Crippen LogP contribution in [0.2, 0.25) is 5.02 Å². The fourth-order valence-electron chi connectivity index (χ4n) is 2.67. The van der Waals surface area contributed by atoms with E-state index in [0.29, 0.717) is 18.7 Å². The van der Waals surface area contributed by atoms with E-state index in [1.54, 1.807) is 12.3 Å². The molecule has 0 saturated heterocycles. The van der Waals surface area contributed by atoms with Crippen molar-refractivity contribution < 1.29 is 4.79 Å². The SMILES string of the molecule is O=C(NCCCc1ccccc1)c1ccc(NCc2ccc(Cl)cc2)nc1. The molecule has 0 aliphatic carbocycles. The first kappa shape index (κ1) is 18.9. The number of nitrogens with zero attached hydrogens (tertiary/aromatic N) is 1. The number of aromatic nitrogens is 1. The molecule has 0 aliphatic rings. The molecule has 0 bridgehead atoms. The summed E-state index contributed by atoms with van der Waals surface area (Å²) in [6.07, 6.45) is 3.45. The molecule has 1 heterocycles. The van der Waals surface area contributed by atoms with Crippen molar-refractivity contribution in [3.63, 3.8) is 0 Å². The number of amides is 1. The summed E-state index contributed by atoms with van der Waals surface area (Å²) < 4.78 is 0. The highest BCUT2D eigenvalue weighted by atomic mass is 35.5. The zero-order valence-electron chi connectivity index (χ0n) is 15.0. The molecular weight excluding hydrogens is 358 g/mol. The summed E-state index contributed by atoms with van der Waals surface area (Å²) in [4.78, 5) is 16.5. The van der Waals surface area contributed by atoms with Crippen LogP contribution in [0.25, 0.3) is 0 Å². The molecule has 2 N–H and O–H groups in total. The van der Waals surface area contributed by atoms with Crippen molar-refractivity contribution in [1.29, 1.82) is 0 Å². The minimum atomic E-state index is -0.0974. The fraction of sp³-hybridized carbons (Fsp3) is 0.182. The molecule has 4 nitrogen and oxygen atoms in total. The fourth-order valence-corrected chi connectivity index (χ4v) is 2.79. The van der Waals surface area contributed by atoms with E-state index in [2.05, 4.69) is 27.8 Å². The Morgan fingerprint density at radius 1 is 0.926 bits per heavy atom. The van der Waals surface area contributed by atoms with Gasteiger partial charge in [0.25, 0.3) is 5.91 Å². The number of aryl methyl sites for hydroxylation is 1. The molecule has 3 aromatic rings. The second-order valence-corrected chi connectivity index (χ2v) is 6.69. The molecule has 1 amide bonds. The molecule has 0 aliphatic heterocycles. The number of rotatable bonds is 8. The highest BCUT2D eigenvalue weighted by molar-refractivity contribution is 6.30. The largest absolute Gasteiger partial charge is 0.366 e. The van der Waals surface area contributed by atoms with Gasteiger partial charge in [-0.05, 0) is 48.2 Å². The summed E-state index contributed by atoms with van der Waals surface area (Å²) in [7, 11) is 0. The normalized spacial score (nSPS) is 10.4. The Bertz CT molecular complexity index is 849. The van der Waals surface area contributed by atoms with Crippen LogP contribution in [0.3, 0.4) is 0 Å². The summed E-state index contributed by atoms with van der Waals surface area (Å²) in [5.41, 5.74) is 2.96. The number of pyridine rings is 1. The van der Waals surface area contributed by atoms with E-state index in [4.69, 9.17) is 11.6 Å². The number of anilines is 1. The zero-order chi connectivity index (χ0) is 18.9. The number of hydrogen-bond acceptors (Lipinski definition) is 3. The van der Waals surface area contributed by atoms with E-state index in [1.165, 1.54) is 5.56 Å². The lowest BCUT2D eigenvalue weighted by Gasteiger charge is -2.08. The van der Waals surface area contributed by atoms with Crippen LogP contribution >= 0.6 is 11.6 Å². The van der Waals surface area contributed by atoms with Crippen molar-refractivity contribution >= 4 is 23.3 Å². The quantitative estimate of drug-likeness (QED) is 0.557. The Morgan fingerprint density at radius 3 is 2.41 bits per heavy atom. The molecule has 0 saturated carbocycles. The maximum Gasteiger partial charge on any atom is 0.252 e. The van der Waals surface area contributed by atoms with E-state index in [0.717, 1.165) is 29.2 Å². The molecule has 2 aromatic carbocycles. The number of nitrogens with one attached hydrogen (secondary N) is 2. The Kier molecular flexibility index (Phi) is 6.83. The summed E-state index contributed by atoms with van der Waals surface area (Å²) in [5.74, 6) is 0.630. The van der Waals surface area contributed by atoms with Crippen molar-refractivity contribution in [2.24, 2.45) is 0 Å². The molecule has 0 unspecified atom stereocenters. The maximum absolute atomic E-state index is 12.2. The molecule has 27 heavy (non-hydrogen) atoms. The first-order chi connectivity index (χ1) is 13.2.